The first-order chi connectivity index (χ1) is 15.8. The first-order valence-electron chi connectivity index (χ1n) is 10.3. The zero-order valence-corrected chi connectivity index (χ0v) is 19.8. The van der Waals surface area contributed by atoms with Crippen LogP contribution in [-0.4, -0.2) is 75.7 Å². The maximum absolute atomic E-state index is 14.0. The van der Waals surface area contributed by atoms with Crippen LogP contribution < -0.4 is 0 Å². The van der Waals surface area contributed by atoms with Crippen molar-refractivity contribution < 1.29 is 17.6 Å². The summed E-state index contributed by atoms with van der Waals surface area (Å²) in [6.07, 6.45) is 0. The zero-order chi connectivity index (χ0) is 23.6. The number of hydrogen-bond acceptors (Lipinski definition) is 7. The molecule has 12 heteroatoms. The molecule has 3 aromatic rings. The van der Waals surface area contributed by atoms with E-state index in [2.05, 4.69) is 15.5 Å². The number of halogens is 1. The Bertz CT molecular complexity index is 1270. The molecule has 1 aliphatic heterocycles. The van der Waals surface area contributed by atoms with E-state index in [1.165, 1.54) is 34.3 Å². The van der Waals surface area contributed by atoms with Gasteiger partial charge in [0.2, 0.25) is 21.1 Å². The summed E-state index contributed by atoms with van der Waals surface area (Å²) in [5, 5.41) is 12.3. The third-order valence-electron chi connectivity index (χ3n) is 5.39. The lowest BCUT2D eigenvalue weighted by molar-refractivity contribution is -0.129. The van der Waals surface area contributed by atoms with Crippen LogP contribution in [-0.2, 0) is 14.8 Å². The van der Waals surface area contributed by atoms with Crippen LogP contribution in [0.3, 0.4) is 0 Å². The van der Waals surface area contributed by atoms with E-state index in [-0.39, 0.29) is 42.7 Å². The van der Waals surface area contributed by atoms with Gasteiger partial charge < -0.3 is 4.90 Å². The van der Waals surface area contributed by atoms with Gasteiger partial charge in [0.05, 0.1) is 11.4 Å². The van der Waals surface area contributed by atoms with E-state index in [0.717, 1.165) is 22.9 Å². The van der Waals surface area contributed by atoms with Gasteiger partial charge in [-0.05, 0) is 48.0 Å². The normalized spacial score (nSPS) is 15.1. The van der Waals surface area contributed by atoms with Crippen LogP contribution in [0.4, 0.5) is 4.39 Å². The lowest BCUT2D eigenvalue weighted by atomic mass is 10.1. The predicted octanol–water partition coefficient (Wildman–Crippen LogP) is 2.04. The van der Waals surface area contributed by atoms with Gasteiger partial charge in [-0.2, -0.15) is 8.99 Å². The minimum atomic E-state index is -3.95. The molecule has 0 saturated carbocycles. The number of rotatable bonds is 6. The number of hydrogen-bond donors (Lipinski definition) is 0. The molecule has 0 N–H and O–H groups in total. The van der Waals surface area contributed by atoms with Crippen molar-refractivity contribution >= 4 is 27.7 Å². The van der Waals surface area contributed by atoms with Crippen molar-refractivity contribution in [3.63, 3.8) is 0 Å². The Hall–Kier alpha value is -2.83. The SMILES string of the molecule is Cc1ccc(-n2nnnc2SCC(=O)N2CCN(S(=O)(=O)c3ccccc3F)CC2)c(C)c1. The molecule has 2 aromatic carbocycles. The van der Waals surface area contributed by atoms with Gasteiger partial charge in [-0.1, -0.05) is 41.6 Å². The Morgan fingerprint density at radius 3 is 2.52 bits per heavy atom. The van der Waals surface area contributed by atoms with Crippen molar-refractivity contribution in [3.8, 4) is 5.69 Å². The largest absolute Gasteiger partial charge is 0.339 e. The molecule has 1 aromatic heterocycles. The highest BCUT2D eigenvalue weighted by Crippen LogP contribution is 2.23. The van der Waals surface area contributed by atoms with Crippen LogP contribution in [0.1, 0.15) is 11.1 Å². The molecule has 1 saturated heterocycles. The summed E-state index contributed by atoms with van der Waals surface area (Å²) in [5.74, 6) is -0.808. The number of thioether (sulfide) groups is 1. The average Bonchev–Trinajstić information content (AvgIpc) is 3.26. The Labute approximate surface area is 195 Å². The van der Waals surface area contributed by atoms with Crippen molar-refractivity contribution in [1.29, 1.82) is 0 Å². The second kappa shape index (κ2) is 9.57. The summed E-state index contributed by atoms with van der Waals surface area (Å²) >= 11 is 1.22. The molecule has 0 unspecified atom stereocenters. The summed E-state index contributed by atoms with van der Waals surface area (Å²) < 4.78 is 42.3. The number of aromatic nitrogens is 4. The fourth-order valence-corrected chi connectivity index (χ4v) is 5.93. The molecule has 2 heterocycles. The van der Waals surface area contributed by atoms with E-state index >= 15 is 0 Å². The second-order valence-electron chi connectivity index (χ2n) is 7.67. The highest BCUT2D eigenvalue weighted by molar-refractivity contribution is 7.99. The van der Waals surface area contributed by atoms with Crippen LogP contribution in [0.5, 0.6) is 0 Å². The first-order valence-corrected chi connectivity index (χ1v) is 12.7. The molecular formula is C21H23FN6O3S2. The van der Waals surface area contributed by atoms with Crippen molar-refractivity contribution in [1.82, 2.24) is 29.4 Å². The van der Waals surface area contributed by atoms with Crippen molar-refractivity contribution in [2.24, 2.45) is 0 Å². The number of sulfonamides is 1. The Kier molecular flexibility index (Phi) is 6.77. The number of aryl methyl sites for hydroxylation is 2. The van der Waals surface area contributed by atoms with Crippen molar-refractivity contribution in [2.75, 3.05) is 31.9 Å². The number of nitrogens with zero attached hydrogens (tertiary/aromatic N) is 6. The van der Waals surface area contributed by atoms with Gasteiger partial charge in [0.1, 0.15) is 10.7 Å². The monoisotopic (exact) mass is 490 g/mol. The van der Waals surface area contributed by atoms with E-state index in [4.69, 9.17) is 0 Å². The molecule has 0 bridgehead atoms. The summed E-state index contributed by atoms with van der Waals surface area (Å²) in [5.41, 5.74) is 2.99. The molecule has 9 nitrogen and oxygen atoms in total. The standard InChI is InChI=1S/C21H23FN6O3S2/c1-15-7-8-18(16(2)13-15)28-21(23-24-25-28)32-14-20(29)26-9-11-27(12-10-26)33(30,31)19-6-4-3-5-17(19)22/h3-8,13H,9-12,14H2,1-2H3. The van der Waals surface area contributed by atoms with Gasteiger partial charge in [-0.3, -0.25) is 4.79 Å². The van der Waals surface area contributed by atoms with E-state index in [0.29, 0.717) is 5.16 Å². The Morgan fingerprint density at radius 2 is 1.82 bits per heavy atom. The van der Waals surface area contributed by atoms with Crippen LogP contribution in [0.2, 0.25) is 0 Å². The third kappa shape index (κ3) is 4.92. The lowest BCUT2D eigenvalue weighted by Crippen LogP contribution is -2.51. The summed E-state index contributed by atoms with van der Waals surface area (Å²) in [4.78, 5) is 14.0. The van der Waals surface area contributed by atoms with Crippen LogP contribution >= 0.6 is 11.8 Å². The average molecular weight is 491 g/mol. The molecule has 1 aliphatic rings. The molecule has 0 atom stereocenters. The molecule has 1 fully saturated rings. The van der Waals surface area contributed by atoms with E-state index < -0.39 is 15.8 Å². The first kappa shape index (κ1) is 23.3. The predicted molar refractivity (Wildman–Crippen MR) is 121 cm³/mol. The second-order valence-corrected chi connectivity index (χ2v) is 10.5. The number of benzene rings is 2. The number of piperazine rings is 1. The fraction of sp³-hybridized carbons (Fsp3) is 0.333. The van der Waals surface area contributed by atoms with Crippen molar-refractivity contribution in [2.45, 2.75) is 23.9 Å². The molecule has 0 spiro atoms. The number of carbonyl (C=O) groups excluding carboxylic acids is 1. The molecule has 0 radical (unpaired) electrons. The van der Waals surface area contributed by atoms with Gasteiger partial charge >= 0.3 is 0 Å². The molecule has 33 heavy (non-hydrogen) atoms. The highest BCUT2D eigenvalue weighted by atomic mass is 32.2. The number of amides is 1. The number of carbonyl (C=O) groups is 1. The van der Waals surface area contributed by atoms with Gasteiger partial charge in [-0.15, -0.1) is 5.10 Å². The van der Waals surface area contributed by atoms with Gasteiger partial charge in [0.25, 0.3) is 0 Å². The summed E-state index contributed by atoms with van der Waals surface area (Å²) in [7, 11) is -3.95. The summed E-state index contributed by atoms with van der Waals surface area (Å²) in [6, 6.07) is 11.2. The molecule has 4 rings (SSSR count). The fourth-order valence-electron chi connectivity index (χ4n) is 3.65. The van der Waals surface area contributed by atoms with E-state index in [9.17, 15) is 17.6 Å². The van der Waals surface area contributed by atoms with Crippen molar-refractivity contribution in [3.05, 3.63) is 59.4 Å². The molecular weight excluding hydrogens is 467 g/mol. The Balaban J connectivity index is 1.36. The molecule has 174 valence electrons. The number of tetrazole rings is 1. The van der Waals surface area contributed by atoms with Gasteiger partial charge in [0.15, 0.2) is 0 Å². The van der Waals surface area contributed by atoms with Crippen LogP contribution in [0, 0.1) is 19.7 Å². The van der Waals surface area contributed by atoms with Crippen LogP contribution in [0.25, 0.3) is 5.69 Å². The highest BCUT2D eigenvalue weighted by Gasteiger charge is 2.31. The maximum atomic E-state index is 14.0. The van der Waals surface area contributed by atoms with Crippen LogP contribution in [0.15, 0.2) is 52.5 Å². The lowest BCUT2D eigenvalue weighted by Gasteiger charge is -2.34. The zero-order valence-electron chi connectivity index (χ0n) is 18.2. The van der Waals surface area contributed by atoms with Gasteiger partial charge in [-0.25, -0.2) is 12.8 Å². The maximum Gasteiger partial charge on any atom is 0.246 e. The topological polar surface area (TPSA) is 101 Å². The molecule has 1 amide bonds. The van der Waals surface area contributed by atoms with E-state index in [1.807, 2.05) is 32.0 Å². The quantitative estimate of drug-likeness (QED) is 0.488. The Morgan fingerprint density at radius 1 is 1.09 bits per heavy atom. The summed E-state index contributed by atoms with van der Waals surface area (Å²) in [6.45, 7) is 4.65. The smallest absolute Gasteiger partial charge is 0.246 e. The van der Waals surface area contributed by atoms with E-state index in [1.54, 1.807) is 9.58 Å². The molecule has 0 aliphatic carbocycles. The minimum Gasteiger partial charge on any atom is -0.339 e. The minimum absolute atomic E-state index is 0.105. The third-order valence-corrected chi connectivity index (χ3v) is 8.23. The van der Waals surface area contributed by atoms with Gasteiger partial charge in [0, 0.05) is 26.2 Å².